The predicted octanol–water partition coefficient (Wildman–Crippen LogP) is 3.92. The zero-order valence-electron chi connectivity index (χ0n) is 15.9. The SMILES string of the molecule is COc1cc(CNC(=O)CCc2ccccc2)ccc1OCc1ccncc1. The average molecular weight is 376 g/mol. The molecule has 0 saturated heterocycles. The van der Waals surface area contributed by atoms with Crippen molar-refractivity contribution in [2.24, 2.45) is 0 Å². The van der Waals surface area contributed by atoms with E-state index in [1.807, 2.05) is 60.7 Å². The lowest BCUT2D eigenvalue weighted by molar-refractivity contribution is -0.121. The first-order chi connectivity index (χ1) is 13.7. The molecule has 0 fully saturated rings. The Bertz CT molecular complexity index is 883. The van der Waals surface area contributed by atoms with Crippen molar-refractivity contribution in [3.8, 4) is 11.5 Å². The van der Waals surface area contributed by atoms with Crippen LogP contribution in [0.3, 0.4) is 0 Å². The molecule has 144 valence electrons. The molecule has 28 heavy (non-hydrogen) atoms. The molecule has 0 aliphatic carbocycles. The molecule has 0 saturated carbocycles. The van der Waals surface area contributed by atoms with Crippen LogP contribution in [-0.2, 0) is 24.4 Å². The number of nitrogens with zero attached hydrogens (tertiary/aromatic N) is 1. The second-order valence-corrected chi connectivity index (χ2v) is 6.39. The predicted molar refractivity (Wildman–Crippen MR) is 108 cm³/mol. The molecule has 0 atom stereocenters. The van der Waals surface area contributed by atoms with Gasteiger partial charge < -0.3 is 14.8 Å². The number of pyridine rings is 1. The largest absolute Gasteiger partial charge is 0.493 e. The third kappa shape index (κ3) is 5.84. The number of amides is 1. The molecule has 1 aromatic heterocycles. The number of nitrogens with one attached hydrogen (secondary N) is 1. The van der Waals surface area contributed by atoms with Gasteiger partial charge in [0, 0.05) is 25.4 Å². The van der Waals surface area contributed by atoms with E-state index >= 15 is 0 Å². The highest BCUT2D eigenvalue weighted by molar-refractivity contribution is 5.76. The van der Waals surface area contributed by atoms with Gasteiger partial charge in [-0.2, -0.15) is 0 Å². The zero-order chi connectivity index (χ0) is 19.6. The van der Waals surface area contributed by atoms with Gasteiger partial charge in [0.25, 0.3) is 0 Å². The molecule has 5 nitrogen and oxygen atoms in total. The lowest BCUT2D eigenvalue weighted by Crippen LogP contribution is -2.23. The fourth-order valence-electron chi connectivity index (χ4n) is 2.77. The van der Waals surface area contributed by atoms with E-state index in [9.17, 15) is 4.79 Å². The number of hydrogen-bond donors (Lipinski definition) is 1. The van der Waals surface area contributed by atoms with Crippen LogP contribution < -0.4 is 14.8 Å². The molecule has 0 bridgehead atoms. The second kappa shape index (κ2) is 10.1. The summed E-state index contributed by atoms with van der Waals surface area (Å²) in [6.45, 7) is 0.892. The van der Waals surface area contributed by atoms with Gasteiger partial charge in [-0.05, 0) is 47.4 Å². The van der Waals surface area contributed by atoms with Crippen molar-refractivity contribution in [3.63, 3.8) is 0 Å². The van der Waals surface area contributed by atoms with Gasteiger partial charge in [0.15, 0.2) is 11.5 Å². The molecular weight excluding hydrogens is 352 g/mol. The maximum Gasteiger partial charge on any atom is 0.220 e. The smallest absolute Gasteiger partial charge is 0.220 e. The lowest BCUT2D eigenvalue weighted by Gasteiger charge is -2.13. The summed E-state index contributed by atoms with van der Waals surface area (Å²) in [6.07, 6.45) is 4.67. The first-order valence-electron chi connectivity index (χ1n) is 9.24. The monoisotopic (exact) mass is 376 g/mol. The zero-order valence-corrected chi connectivity index (χ0v) is 15.9. The number of aromatic nitrogens is 1. The molecule has 0 unspecified atom stereocenters. The van der Waals surface area contributed by atoms with E-state index in [1.165, 1.54) is 0 Å². The van der Waals surface area contributed by atoms with Crippen molar-refractivity contribution in [3.05, 3.63) is 89.7 Å². The van der Waals surface area contributed by atoms with Crippen LogP contribution in [0.25, 0.3) is 0 Å². The van der Waals surface area contributed by atoms with Crippen LogP contribution in [0.4, 0.5) is 0 Å². The van der Waals surface area contributed by atoms with E-state index in [2.05, 4.69) is 10.3 Å². The molecule has 0 radical (unpaired) electrons. The molecule has 2 aromatic carbocycles. The Labute approximate surface area is 165 Å². The van der Waals surface area contributed by atoms with Crippen LogP contribution in [0.15, 0.2) is 73.1 Å². The van der Waals surface area contributed by atoms with Crippen molar-refractivity contribution in [1.82, 2.24) is 10.3 Å². The van der Waals surface area contributed by atoms with Crippen LogP contribution in [-0.4, -0.2) is 18.0 Å². The minimum atomic E-state index is 0.0285. The Hall–Kier alpha value is -3.34. The van der Waals surface area contributed by atoms with Gasteiger partial charge in [-0.15, -0.1) is 0 Å². The average Bonchev–Trinajstić information content (AvgIpc) is 2.76. The maximum absolute atomic E-state index is 12.1. The summed E-state index contributed by atoms with van der Waals surface area (Å²) in [6, 6.07) is 19.5. The summed E-state index contributed by atoms with van der Waals surface area (Å²) in [7, 11) is 1.61. The molecule has 3 aromatic rings. The first-order valence-corrected chi connectivity index (χ1v) is 9.24. The fraction of sp³-hybridized carbons (Fsp3) is 0.217. The van der Waals surface area contributed by atoms with Gasteiger partial charge in [0.05, 0.1) is 7.11 Å². The molecule has 1 amide bonds. The summed E-state index contributed by atoms with van der Waals surface area (Å²) < 4.78 is 11.3. The number of aryl methyl sites for hydroxylation is 1. The number of rotatable bonds is 9. The Balaban J connectivity index is 1.50. The Morgan fingerprint density at radius 2 is 1.71 bits per heavy atom. The van der Waals surface area contributed by atoms with Crippen molar-refractivity contribution < 1.29 is 14.3 Å². The summed E-state index contributed by atoms with van der Waals surface area (Å²) in [5.74, 6) is 1.34. The Morgan fingerprint density at radius 3 is 2.46 bits per heavy atom. The molecular formula is C23H24N2O3. The Kier molecular flexibility index (Phi) is 7.01. The molecule has 1 N–H and O–H groups in total. The van der Waals surface area contributed by atoms with E-state index in [1.54, 1.807) is 19.5 Å². The van der Waals surface area contributed by atoms with Crippen LogP contribution in [0, 0.1) is 0 Å². The summed E-state index contributed by atoms with van der Waals surface area (Å²) >= 11 is 0. The highest BCUT2D eigenvalue weighted by atomic mass is 16.5. The number of ether oxygens (including phenoxy) is 2. The molecule has 0 aliphatic rings. The first kappa shape index (κ1) is 19.4. The number of hydrogen-bond acceptors (Lipinski definition) is 4. The molecule has 1 heterocycles. The molecule has 0 spiro atoms. The molecule has 5 heteroatoms. The normalized spacial score (nSPS) is 10.3. The quantitative estimate of drug-likeness (QED) is 0.615. The summed E-state index contributed by atoms with van der Waals surface area (Å²) in [5.41, 5.74) is 3.16. The van der Waals surface area contributed by atoms with Crippen LogP contribution in [0.5, 0.6) is 11.5 Å². The van der Waals surface area contributed by atoms with E-state index in [-0.39, 0.29) is 5.91 Å². The van der Waals surface area contributed by atoms with Gasteiger partial charge in [0.2, 0.25) is 5.91 Å². The molecule has 0 aliphatic heterocycles. The fourth-order valence-corrected chi connectivity index (χ4v) is 2.77. The summed E-state index contributed by atoms with van der Waals surface area (Å²) in [5, 5.41) is 2.96. The van der Waals surface area contributed by atoms with E-state index in [0.29, 0.717) is 31.1 Å². The molecule has 3 rings (SSSR count). The van der Waals surface area contributed by atoms with Gasteiger partial charge in [-0.3, -0.25) is 9.78 Å². The van der Waals surface area contributed by atoms with Gasteiger partial charge in [-0.1, -0.05) is 36.4 Å². The van der Waals surface area contributed by atoms with Crippen LogP contribution in [0.1, 0.15) is 23.1 Å². The van der Waals surface area contributed by atoms with Crippen molar-refractivity contribution in [2.45, 2.75) is 26.0 Å². The van der Waals surface area contributed by atoms with E-state index in [0.717, 1.165) is 23.1 Å². The van der Waals surface area contributed by atoms with Crippen molar-refractivity contribution >= 4 is 5.91 Å². The van der Waals surface area contributed by atoms with Crippen molar-refractivity contribution in [2.75, 3.05) is 7.11 Å². The summed E-state index contributed by atoms with van der Waals surface area (Å²) in [4.78, 5) is 16.1. The van der Waals surface area contributed by atoms with Gasteiger partial charge in [-0.25, -0.2) is 0 Å². The minimum absolute atomic E-state index is 0.0285. The van der Waals surface area contributed by atoms with Crippen LogP contribution >= 0.6 is 0 Å². The highest BCUT2D eigenvalue weighted by Gasteiger charge is 2.08. The van der Waals surface area contributed by atoms with Gasteiger partial charge >= 0.3 is 0 Å². The third-order valence-electron chi connectivity index (χ3n) is 4.34. The van der Waals surface area contributed by atoms with E-state index < -0.39 is 0 Å². The van der Waals surface area contributed by atoms with Crippen LogP contribution in [0.2, 0.25) is 0 Å². The van der Waals surface area contributed by atoms with Gasteiger partial charge in [0.1, 0.15) is 6.61 Å². The van der Waals surface area contributed by atoms with Crippen molar-refractivity contribution in [1.29, 1.82) is 0 Å². The Morgan fingerprint density at radius 1 is 0.929 bits per heavy atom. The second-order valence-electron chi connectivity index (χ2n) is 6.39. The third-order valence-corrected chi connectivity index (χ3v) is 4.34. The van der Waals surface area contributed by atoms with E-state index in [4.69, 9.17) is 9.47 Å². The number of carbonyl (C=O) groups excluding carboxylic acids is 1. The topological polar surface area (TPSA) is 60.5 Å². The number of benzene rings is 2. The number of carbonyl (C=O) groups is 1. The lowest BCUT2D eigenvalue weighted by atomic mass is 10.1. The standard InChI is InChI=1S/C23H24N2O3/c1-27-22-15-20(7-9-21(22)28-17-19-11-13-24-14-12-19)16-25-23(26)10-8-18-5-3-2-4-6-18/h2-7,9,11-15H,8,10,16-17H2,1H3,(H,25,26). The highest BCUT2D eigenvalue weighted by Crippen LogP contribution is 2.28. The maximum atomic E-state index is 12.1. The number of methoxy groups -OCH3 is 1. The minimum Gasteiger partial charge on any atom is -0.493 e.